The average Bonchev–Trinajstić information content (AvgIpc) is 3.26. The van der Waals surface area contributed by atoms with Crippen LogP contribution in [-0.2, 0) is 22.5 Å². The summed E-state index contributed by atoms with van der Waals surface area (Å²) >= 11 is 0. The number of nitrogens with zero attached hydrogens (tertiary/aromatic N) is 1. The normalized spacial score (nSPS) is 10.5. The van der Waals surface area contributed by atoms with Gasteiger partial charge in [-0.3, -0.25) is 4.79 Å². The van der Waals surface area contributed by atoms with E-state index in [9.17, 15) is 4.79 Å². The van der Waals surface area contributed by atoms with Crippen molar-refractivity contribution in [3.05, 3.63) is 65.9 Å². The van der Waals surface area contributed by atoms with E-state index < -0.39 is 0 Å². The number of pyridine rings is 1. The van der Waals surface area contributed by atoms with Crippen molar-refractivity contribution in [1.29, 1.82) is 0 Å². The summed E-state index contributed by atoms with van der Waals surface area (Å²) < 4.78 is 15.8. The highest BCUT2D eigenvalue weighted by molar-refractivity contribution is 5.69. The van der Waals surface area contributed by atoms with Gasteiger partial charge in [-0.15, -0.1) is 0 Å². The molecule has 6 heteroatoms. The maximum atomic E-state index is 11.4. The lowest BCUT2D eigenvalue weighted by Crippen LogP contribution is -2.05. The fraction of sp³-hybridized carbons (Fsp3) is 0.273. The minimum absolute atomic E-state index is 0.165. The van der Waals surface area contributed by atoms with Crippen molar-refractivity contribution in [2.75, 3.05) is 19.0 Å². The van der Waals surface area contributed by atoms with Gasteiger partial charge in [0.2, 0.25) is 5.88 Å². The Hall–Kier alpha value is -3.28. The first kappa shape index (κ1) is 19.5. The standard InChI is InChI=1S/C22H24N2O4/c1-3-27-21(25)13-8-16-6-10-18(11-7-16)23-15-17-9-12-19(24-22(17)26-2)20-5-4-14-28-20/h4-7,9-12,14,23H,3,8,13,15H2,1-2H3. The molecule has 1 N–H and O–H groups in total. The molecule has 0 radical (unpaired) electrons. The lowest BCUT2D eigenvalue weighted by molar-refractivity contribution is -0.143. The summed E-state index contributed by atoms with van der Waals surface area (Å²) in [6.07, 6.45) is 2.69. The number of furan rings is 1. The topological polar surface area (TPSA) is 73.6 Å². The molecule has 0 amide bonds. The van der Waals surface area contributed by atoms with E-state index >= 15 is 0 Å². The highest BCUT2D eigenvalue weighted by Crippen LogP contribution is 2.24. The van der Waals surface area contributed by atoms with Crippen LogP contribution in [0.3, 0.4) is 0 Å². The van der Waals surface area contributed by atoms with Crippen molar-refractivity contribution in [3.8, 4) is 17.3 Å². The van der Waals surface area contributed by atoms with Crippen LogP contribution in [0.2, 0.25) is 0 Å². The number of nitrogens with one attached hydrogen (secondary N) is 1. The molecule has 0 aliphatic carbocycles. The van der Waals surface area contributed by atoms with Crippen LogP contribution >= 0.6 is 0 Å². The maximum absolute atomic E-state index is 11.4. The first-order valence-electron chi connectivity index (χ1n) is 9.26. The molecule has 0 fully saturated rings. The van der Waals surface area contributed by atoms with Crippen LogP contribution < -0.4 is 10.1 Å². The molecule has 28 heavy (non-hydrogen) atoms. The average molecular weight is 380 g/mol. The largest absolute Gasteiger partial charge is 0.481 e. The lowest BCUT2D eigenvalue weighted by Gasteiger charge is -2.11. The number of carbonyl (C=O) groups excluding carboxylic acids is 1. The molecule has 0 saturated carbocycles. The Bertz CT molecular complexity index is 889. The van der Waals surface area contributed by atoms with E-state index in [2.05, 4.69) is 10.3 Å². The second-order valence-corrected chi connectivity index (χ2v) is 6.20. The molecule has 0 saturated heterocycles. The fourth-order valence-electron chi connectivity index (χ4n) is 2.81. The molecule has 1 aromatic carbocycles. The second kappa shape index (κ2) is 9.60. The van der Waals surface area contributed by atoms with Crippen molar-refractivity contribution in [2.45, 2.75) is 26.3 Å². The number of hydrogen-bond acceptors (Lipinski definition) is 6. The van der Waals surface area contributed by atoms with Gasteiger partial charge in [-0.2, -0.15) is 0 Å². The van der Waals surface area contributed by atoms with Crippen molar-refractivity contribution in [3.63, 3.8) is 0 Å². The number of esters is 1. The number of rotatable bonds is 9. The summed E-state index contributed by atoms with van der Waals surface area (Å²) in [6.45, 7) is 2.81. The molecule has 146 valence electrons. The molecular formula is C22H24N2O4. The molecule has 0 unspecified atom stereocenters. The molecule has 3 aromatic rings. The predicted molar refractivity (Wildman–Crippen MR) is 107 cm³/mol. The molecule has 0 atom stereocenters. The van der Waals surface area contributed by atoms with Crippen LogP contribution in [0.1, 0.15) is 24.5 Å². The number of aromatic nitrogens is 1. The van der Waals surface area contributed by atoms with Crippen LogP contribution in [-0.4, -0.2) is 24.7 Å². The van der Waals surface area contributed by atoms with Crippen LogP contribution in [0, 0.1) is 0 Å². The molecule has 0 aliphatic heterocycles. The van der Waals surface area contributed by atoms with Gasteiger partial charge in [-0.1, -0.05) is 12.1 Å². The number of benzene rings is 1. The van der Waals surface area contributed by atoms with Crippen molar-refractivity contribution < 1.29 is 18.7 Å². The van der Waals surface area contributed by atoms with Gasteiger partial charge < -0.3 is 19.2 Å². The van der Waals surface area contributed by atoms with Crippen LogP contribution in [0.25, 0.3) is 11.5 Å². The zero-order valence-corrected chi connectivity index (χ0v) is 16.1. The van der Waals surface area contributed by atoms with Crippen LogP contribution in [0.15, 0.2) is 59.2 Å². The number of hydrogen-bond donors (Lipinski definition) is 1. The summed E-state index contributed by atoms with van der Waals surface area (Å²) in [6, 6.07) is 15.6. The van der Waals surface area contributed by atoms with Crippen LogP contribution in [0.5, 0.6) is 5.88 Å². The van der Waals surface area contributed by atoms with E-state index in [0.717, 1.165) is 22.5 Å². The number of aryl methyl sites for hydroxylation is 1. The molecular weight excluding hydrogens is 356 g/mol. The minimum atomic E-state index is -0.165. The Morgan fingerprint density at radius 1 is 1.14 bits per heavy atom. The van der Waals surface area contributed by atoms with Gasteiger partial charge in [0, 0.05) is 24.2 Å². The Morgan fingerprint density at radius 2 is 1.96 bits per heavy atom. The summed E-state index contributed by atoms with van der Waals surface area (Å²) in [4.78, 5) is 16.0. The SMILES string of the molecule is CCOC(=O)CCc1ccc(NCc2ccc(-c3ccco3)nc2OC)cc1. The third kappa shape index (κ3) is 5.13. The van der Waals surface area contributed by atoms with Gasteiger partial charge in [-0.05, 0) is 55.3 Å². The first-order chi connectivity index (χ1) is 13.7. The quantitative estimate of drug-likeness (QED) is 0.553. The summed E-state index contributed by atoms with van der Waals surface area (Å²) in [5.41, 5.74) is 3.76. The summed E-state index contributed by atoms with van der Waals surface area (Å²) in [5.74, 6) is 1.10. The van der Waals surface area contributed by atoms with Gasteiger partial charge in [0.05, 0.1) is 20.0 Å². The molecule has 6 nitrogen and oxygen atoms in total. The first-order valence-corrected chi connectivity index (χ1v) is 9.26. The summed E-state index contributed by atoms with van der Waals surface area (Å²) in [5, 5.41) is 3.37. The van der Waals surface area contributed by atoms with Gasteiger partial charge in [-0.25, -0.2) is 4.98 Å². The van der Waals surface area contributed by atoms with Gasteiger partial charge in [0.1, 0.15) is 5.69 Å². The smallest absolute Gasteiger partial charge is 0.306 e. The van der Waals surface area contributed by atoms with E-state index in [4.69, 9.17) is 13.9 Å². The molecule has 3 rings (SSSR count). The zero-order valence-electron chi connectivity index (χ0n) is 16.1. The van der Waals surface area contributed by atoms with E-state index in [1.165, 1.54) is 0 Å². The third-order valence-corrected chi connectivity index (χ3v) is 4.27. The number of carbonyl (C=O) groups is 1. The third-order valence-electron chi connectivity index (χ3n) is 4.27. The maximum Gasteiger partial charge on any atom is 0.306 e. The Labute approximate surface area is 164 Å². The highest BCUT2D eigenvalue weighted by Gasteiger charge is 2.09. The van der Waals surface area contributed by atoms with Crippen molar-refractivity contribution in [2.24, 2.45) is 0 Å². The zero-order chi connectivity index (χ0) is 19.8. The van der Waals surface area contributed by atoms with E-state index in [1.54, 1.807) is 13.4 Å². The van der Waals surface area contributed by atoms with Gasteiger partial charge in [0.15, 0.2) is 5.76 Å². The number of anilines is 1. The number of methoxy groups -OCH3 is 1. The van der Waals surface area contributed by atoms with Crippen molar-refractivity contribution in [1.82, 2.24) is 4.98 Å². The minimum Gasteiger partial charge on any atom is -0.481 e. The van der Waals surface area contributed by atoms with E-state index in [0.29, 0.717) is 37.6 Å². The highest BCUT2D eigenvalue weighted by atomic mass is 16.5. The monoisotopic (exact) mass is 380 g/mol. The van der Waals surface area contributed by atoms with Crippen molar-refractivity contribution >= 4 is 11.7 Å². The fourth-order valence-corrected chi connectivity index (χ4v) is 2.81. The van der Waals surface area contributed by atoms with Gasteiger partial charge >= 0.3 is 5.97 Å². The Balaban J connectivity index is 1.58. The van der Waals surface area contributed by atoms with Gasteiger partial charge in [0.25, 0.3) is 0 Å². The second-order valence-electron chi connectivity index (χ2n) is 6.20. The van der Waals surface area contributed by atoms with Crippen LogP contribution in [0.4, 0.5) is 5.69 Å². The lowest BCUT2D eigenvalue weighted by atomic mass is 10.1. The molecule has 0 bridgehead atoms. The Kier molecular flexibility index (Phi) is 6.68. The summed E-state index contributed by atoms with van der Waals surface area (Å²) in [7, 11) is 1.61. The number of ether oxygens (including phenoxy) is 2. The molecule has 0 aliphatic rings. The molecule has 2 aromatic heterocycles. The van der Waals surface area contributed by atoms with E-state index in [-0.39, 0.29) is 5.97 Å². The van der Waals surface area contributed by atoms with E-state index in [1.807, 2.05) is 55.5 Å². The predicted octanol–water partition coefficient (Wildman–Crippen LogP) is 4.46. The Morgan fingerprint density at radius 3 is 2.64 bits per heavy atom. The molecule has 0 spiro atoms. The molecule has 2 heterocycles.